The molecule has 2 aromatic carbocycles. The zero-order valence-corrected chi connectivity index (χ0v) is 12.0. The summed E-state index contributed by atoms with van der Waals surface area (Å²) in [4.78, 5) is 10.6. The topological polar surface area (TPSA) is 55.2 Å². The molecule has 2 aromatic rings. The first-order chi connectivity index (χ1) is 10.1. The number of nitro benzene ring substituents is 1. The number of hydrogen-bond acceptors (Lipinski definition) is 3. The van der Waals surface area contributed by atoms with Crippen LogP contribution in [0, 0.1) is 17.0 Å². The van der Waals surface area contributed by atoms with E-state index < -0.39 is 0 Å². The van der Waals surface area contributed by atoms with Crippen molar-refractivity contribution in [3.8, 4) is 0 Å². The van der Waals surface area contributed by atoms with Gasteiger partial charge >= 0.3 is 0 Å². The van der Waals surface area contributed by atoms with Crippen LogP contribution in [0.4, 0.5) is 11.4 Å². The van der Waals surface area contributed by atoms with E-state index in [0.29, 0.717) is 17.5 Å². The molecule has 0 bridgehead atoms. The van der Waals surface area contributed by atoms with Crippen LogP contribution in [0.25, 0.3) is 0 Å². The lowest BCUT2D eigenvalue weighted by Gasteiger charge is -2.37. The maximum atomic E-state index is 11.0. The summed E-state index contributed by atoms with van der Waals surface area (Å²) in [5, 5.41) is 14.4. The van der Waals surface area contributed by atoms with E-state index in [-0.39, 0.29) is 10.6 Å². The van der Waals surface area contributed by atoms with Crippen LogP contribution in [-0.4, -0.2) is 11.0 Å². The number of benzene rings is 2. The lowest BCUT2D eigenvalue weighted by molar-refractivity contribution is -0.385. The minimum Gasteiger partial charge on any atom is -0.382 e. The van der Waals surface area contributed by atoms with Gasteiger partial charge in [-0.3, -0.25) is 10.1 Å². The molecule has 1 aliphatic carbocycles. The Hall–Kier alpha value is -2.36. The Morgan fingerprint density at radius 1 is 1.10 bits per heavy atom. The lowest BCUT2D eigenvalue weighted by Crippen LogP contribution is -2.34. The molecular weight excluding hydrogens is 264 g/mol. The predicted molar refractivity (Wildman–Crippen MR) is 83.7 cm³/mol. The molecule has 0 unspecified atom stereocenters. The highest BCUT2D eigenvalue weighted by atomic mass is 16.6. The van der Waals surface area contributed by atoms with Crippen LogP contribution >= 0.6 is 0 Å². The predicted octanol–water partition coefficient (Wildman–Crippen LogP) is 4.26. The van der Waals surface area contributed by atoms with Crippen LogP contribution in [0.3, 0.4) is 0 Å². The molecule has 0 aromatic heterocycles. The number of rotatable bonds is 4. The van der Waals surface area contributed by atoms with Crippen molar-refractivity contribution < 1.29 is 4.92 Å². The van der Waals surface area contributed by atoms with Crippen molar-refractivity contribution >= 4 is 11.4 Å². The van der Waals surface area contributed by atoms with Gasteiger partial charge < -0.3 is 5.32 Å². The maximum Gasteiger partial charge on any atom is 0.274 e. The fraction of sp³-hybridized carbons (Fsp3) is 0.294. The fourth-order valence-corrected chi connectivity index (χ4v) is 2.93. The first kappa shape index (κ1) is 13.6. The van der Waals surface area contributed by atoms with Gasteiger partial charge in [-0.25, -0.2) is 0 Å². The van der Waals surface area contributed by atoms with E-state index >= 15 is 0 Å². The molecule has 3 rings (SSSR count). The van der Waals surface area contributed by atoms with Crippen molar-refractivity contribution in [2.75, 3.05) is 5.32 Å². The minimum absolute atomic E-state index is 0.180. The molecule has 1 fully saturated rings. The summed E-state index contributed by atoms with van der Waals surface area (Å²) in [6.45, 7) is 1.80. The third-order valence-corrected chi connectivity index (χ3v) is 4.27. The molecule has 108 valence electrons. The molecule has 1 N–H and O–H groups in total. The standard InChI is InChI=1S/C17H18N2O2/c1-12-16(8-5-9-17(12)19(20)21)18-15-10-14(11-15)13-6-3-2-4-7-13/h2-9,14-15,18H,10-11H2,1H3. The quantitative estimate of drug-likeness (QED) is 0.673. The van der Waals surface area contributed by atoms with Gasteiger partial charge in [0.25, 0.3) is 5.69 Å². The van der Waals surface area contributed by atoms with Gasteiger partial charge in [-0.15, -0.1) is 0 Å². The molecule has 4 nitrogen and oxygen atoms in total. The molecule has 1 aliphatic rings. The maximum absolute atomic E-state index is 11.0. The van der Waals surface area contributed by atoms with E-state index in [0.717, 1.165) is 18.5 Å². The molecule has 1 saturated carbocycles. The Morgan fingerprint density at radius 2 is 1.81 bits per heavy atom. The highest BCUT2D eigenvalue weighted by molar-refractivity contribution is 5.60. The Morgan fingerprint density at radius 3 is 2.48 bits per heavy atom. The Bertz CT molecular complexity index is 649. The summed E-state index contributed by atoms with van der Waals surface area (Å²) in [5.41, 5.74) is 3.15. The van der Waals surface area contributed by atoms with Gasteiger partial charge in [0.15, 0.2) is 0 Å². The molecule has 0 saturated heterocycles. The number of nitro groups is 1. The average molecular weight is 282 g/mol. The number of nitrogens with one attached hydrogen (secondary N) is 1. The van der Waals surface area contributed by atoms with E-state index in [1.54, 1.807) is 19.1 Å². The van der Waals surface area contributed by atoms with E-state index in [9.17, 15) is 10.1 Å². The summed E-state index contributed by atoms with van der Waals surface area (Å²) in [6.07, 6.45) is 2.15. The summed E-state index contributed by atoms with van der Waals surface area (Å²) in [7, 11) is 0. The second-order valence-electron chi connectivity index (χ2n) is 5.63. The second kappa shape index (κ2) is 5.56. The number of hydrogen-bond donors (Lipinski definition) is 1. The Balaban J connectivity index is 1.65. The lowest BCUT2D eigenvalue weighted by atomic mass is 9.76. The van der Waals surface area contributed by atoms with Crippen LogP contribution in [0.5, 0.6) is 0 Å². The number of anilines is 1. The van der Waals surface area contributed by atoms with Gasteiger partial charge in [0, 0.05) is 23.4 Å². The van der Waals surface area contributed by atoms with Crippen molar-refractivity contribution in [1.29, 1.82) is 0 Å². The van der Waals surface area contributed by atoms with E-state index in [4.69, 9.17) is 0 Å². The van der Waals surface area contributed by atoms with E-state index in [1.807, 2.05) is 12.1 Å². The third-order valence-electron chi connectivity index (χ3n) is 4.27. The van der Waals surface area contributed by atoms with Gasteiger partial charge in [0.2, 0.25) is 0 Å². The highest BCUT2D eigenvalue weighted by Gasteiger charge is 2.30. The SMILES string of the molecule is Cc1c(NC2CC(c3ccccc3)C2)cccc1[N+](=O)[O-]. The summed E-state index contributed by atoms with van der Waals surface area (Å²) in [6, 6.07) is 16.1. The largest absolute Gasteiger partial charge is 0.382 e. The van der Waals surface area contributed by atoms with Crippen LogP contribution < -0.4 is 5.32 Å². The van der Waals surface area contributed by atoms with Crippen molar-refractivity contribution in [2.24, 2.45) is 0 Å². The molecule has 0 radical (unpaired) electrons. The summed E-state index contributed by atoms with van der Waals surface area (Å²) >= 11 is 0. The van der Waals surface area contributed by atoms with E-state index in [1.165, 1.54) is 5.56 Å². The van der Waals surface area contributed by atoms with Crippen LogP contribution in [0.15, 0.2) is 48.5 Å². The molecule has 0 atom stereocenters. The zero-order chi connectivity index (χ0) is 14.8. The number of nitrogens with zero attached hydrogens (tertiary/aromatic N) is 1. The van der Waals surface area contributed by atoms with E-state index in [2.05, 4.69) is 29.6 Å². The van der Waals surface area contributed by atoms with Crippen LogP contribution in [0.2, 0.25) is 0 Å². The van der Waals surface area contributed by atoms with Crippen LogP contribution in [-0.2, 0) is 0 Å². The van der Waals surface area contributed by atoms with Gasteiger partial charge in [0.05, 0.1) is 4.92 Å². The van der Waals surface area contributed by atoms with Crippen molar-refractivity contribution in [3.05, 3.63) is 69.8 Å². The summed E-state index contributed by atoms with van der Waals surface area (Å²) in [5.74, 6) is 0.600. The van der Waals surface area contributed by atoms with Crippen molar-refractivity contribution in [2.45, 2.75) is 31.7 Å². The van der Waals surface area contributed by atoms with Gasteiger partial charge in [0.1, 0.15) is 0 Å². The van der Waals surface area contributed by atoms with Gasteiger partial charge in [-0.05, 0) is 37.3 Å². The smallest absolute Gasteiger partial charge is 0.274 e. The molecule has 0 amide bonds. The Kier molecular flexibility index (Phi) is 3.60. The minimum atomic E-state index is -0.325. The summed E-state index contributed by atoms with van der Waals surface area (Å²) < 4.78 is 0. The van der Waals surface area contributed by atoms with Crippen molar-refractivity contribution in [3.63, 3.8) is 0 Å². The molecule has 0 heterocycles. The highest BCUT2D eigenvalue weighted by Crippen LogP contribution is 2.39. The van der Waals surface area contributed by atoms with Crippen molar-refractivity contribution in [1.82, 2.24) is 0 Å². The second-order valence-corrected chi connectivity index (χ2v) is 5.63. The van der Waals surface area contributed by atoms with Gasteiger partial charge in [-0.1, -0.05) is 36.4 Å². The van der Waals surface area contributed by atoms with Crippen LogP contribution in [0.1, 0.15) is 29.9 Å². The normalized spacial score (nSPS) is 20.6. The first-order valence-electron chi connectivity index (χ1n) is 7.20. The third kappa shape index (κ3) is 2.75. The Labute approximate surface area is 124 Å². The fourth-order valence-electron chi connectivity index (χ4n) is 2.93. The first-order valence-corrected chi connectivity index (χ1v) is 7.20. The average Bonchev–Trinajstić information content (AvgIpc) is 2.44. The molecule has 0 aliphatic heterocycles. The molecule has 0 spiro atoms. The molecule has 4 heteroatoms. The van der Waals surface area contributed by atoms with Gasteiger partial charge in [-0.2, -0.15) is 0 Å². The monoisotopic (exact) mass is 282 g/mol. The molecule has 21 heavy (non-hydrogen) atoms. The molecular formula is C17H18N2O2. The zero-order valence-electron chi connectivity index (χ0n) is 12.0.